The molecule has 0 aromatic carbocycles. The van der Waals surface area contributed by atoms with Crippen molar-refractivity contribution in [3.63, 3.8) is 0 Å². The number of aliphatic carboxylic acids is 2. The summed E-state index contributed by atoms with van der Waals surface area (Å²) in [6.45, 7) is 2.10. The zero-order chi connectivity index (χ0) is 15.2. The molecule has 0 aromatic rings. The molecule has 0 fully saturated rings. The molecule has 0 spiro atoms. The highest BCUT2D eigenvalue weighted by atomic mass is 16.4. The molecule has 0 aliphatic carbocycles. The van der Waals surface area contributed by atoms with Gasteiger partial charge in [-0.05, 0) is 25.7 Å². The number of allylic oxidation sites excluding steroid dienone is 4. The van der Waals surface area contributed by atoms with E-state index in [-0.39, 0.29) is 6.42 Å². The second-order valence-corrected chi connectivity index (χ2v) is 4.84. The lowest BCUT2D eigenvalue weighted by Crippen LogP contribution is -2.23. The molecule has 0 aliphatic rings. The van der Waals surface area contributed by atoms with Crippen molar-refractivity contribution < 1.29 is 19.8 Å². The molecule has 0 atom stereocenters. The van der Waals surface area contributed by atoms with Crippen molar-refractivity contribution in [1.29, 1.82) is 0 Å². The van der Waals surface area contributed by atoms with Gasteiger partial charge in [-0.15, -0.1) is 0 Å². The maximum Gasteiger partial charge on any atom is 0.317 e. The van der Waals surface area contributed by atoms with Gasteiger partial charge in [-0.1, -0.05) is 56.9 Å². The summed E-state index contributed by atoms with van der Waals surface area (Å²) in [7, 11) is 0. The van der Waals surface area contributed by atoms with Crippen LogP contribution in [-0.2, 0) is 9.59 Å². The number of hydrogen-bond acceptors (Lipinski definition) is 2. The van der Waals surface area contributed by atoms with Gasteiger partial charge in [-0.2, -0.15) is 0 Å². The van der Waals surface area contributed by atoms with Crippen LogP contribution >= 0.6 is 0 Å². The lowest BCUT2D eigenvalue weighted by molar-refractivity contribution is -0.154. The van der Waals surface area contributed by atoms with Crippen LogP contribution in [0.15, 0.2) is 24.3 Å². The summed E-state index contributed by atoms with van der Waals surface area (Å²) >= 11 is 0. The van der Waals surface area contributed by atoms with Crippen molar-refractivity contribution in [2.75, 3.05) is 0 Å². The third kappa shape index (κ3) is 10.4. The molecule has 2 N–H and O–H groups in total. The Morgan fingerprint density at radius 1 is 0.900 bits per heavy atom. The fourth-order valence-corrected chi connectivity index (χ4v) is 1.88. The predicted octanol–water partition coefficient (Wildman–Crippen LogP) is 4.02. The minimum absolute atomic E-state index is 0.229. The zero-order valence-corrected chi connectivity index (χ0v) is 12.3. The monoisotopic (exact) mass is 282 g/mol. The van der Waals surface area contributed by atoms with Gasteiger partial charge in [-0.3, -0.25) is 9.59 Å². The molecule has 0 saturated carbocycles. The van der Waals surface area contributed by atoms with E-state index in [1.165, 1.54) is 0 Å². The molecule has 0 aliphatic heterocycles. The van der Waals surface area contributed by atoms with Crippen molar-refractivity contribution >= 4 is 11.9 Å². The molecule has 4 heteroatoms. The van der Waals surface area contributed by atoms with Gasteiger partial charge in [0.25, 0.3) is 0 Å². The lowest BCUT2D eigenvalue weighted by atomic mass is 10.0. The first-order valence-electron chi connectivity index (χ1n) is 7.36. The first-order chi connectivity index (χ1) is 9.59. The van der Waals surface area contributed by atoms with Gasteiger partial charge in [0, 0.05) is 0 Å². The molecule has 0 rings (SSSR count). The van der Waals surface area contributed by atoms with E-state index in [4.69, 9.17) is 10.2 Å². The van der Waals surface area contributed by atoms with E-state index in [1.54, 1.807) is 0 Å². The summed E-state index contributed by atoms with van der Waals surface area (Å²) in [5.41, 5.74) is 0. The lowest BCUT2D eigenvalue weighted by Gasteiger charge is -2.06. The van der Waals surface area contributed by atoms with Crippen LogP contribution in [0.5, 0.6) is 0 Å². The molecule has 0 radical (unpaired) electrons. The molecular weight excluding hydrogens is 256 g/mol. The Morgan fingerprint density at radius 2 is 1.45 bits per heavy atom. The second kappa shape index (κ2) is 12.5. The fourth-order valence-electron chi connectivity index (χ4n) is 1.88. The summed E-state index contributed by atoms with van der Waals surface area (Å²) in [5.74, 6) is -3.71. The van der Waals surface area contributed by atoms with Gasteiger partial charge in [0.15, 0.2) is 5.92 Å². The van der Waals surface area contributed by atoms with Crippen molar-refractivity contribution in [3.05, 3.63) is 24.3 Å². The van der Waals surface area contributed by atoms with E-state index in [0.29, 0.717) is 6.42 Å². The quantitative estimate of drug-likeness (QED) is 0.322. The Kier molecular flexibility index (Phi) is 11.5. The molecule has 0 amide bonds. The standard InChI is InChI=1S/C16H26O4/c1-2-3-4-5-6-7-8-9-10-11-12-13-14(15(17)18)16(19)20/h3-6,14H,2,7-13H2,1H3,(H,17,18)(H,19,20). The van der Waals surface area contributed by atoms with Gasteiger partial charge in [0.1, 0.15) is 0 Å². The highest BCUT2D eigenvalue weighted by molar-refractivity contribution is 5.92. The predicted molar refractivity (Wildman–Crippen MR) is 79.7 cm³/mol. The van der Waals surface area contributed by atoms with Crippen LogP contribution in [0.1, 0.15) is 58.3 Å². The Morgan fingerprint density at radius 3 is 2.05 bits per heavy atom. The summed E-state index contributed by atoms with van der Waals surface area (Å²) < 4.78 is 0. The van der Waals surface area contributed by atoms with E-state index in [2.05, 4.69) is 31.2 Å². The Hall–Kier alpha value is -1.58. The summed E-state index contributed by atoms with van der Waals surface area (Å²) in [5, 5.41) is 17.4. The molecule has 20 heavy (non-hydrogen) atoms. The summed E-state index contributed by atoms with van der Waals surface area (Å²) in [6, 6.07) is 0. The molecular formula is C16H26O4. The third-order valence-corrected chi connectivity index (χ3v) is 3.08. The van der Waals surface area contributed by atoms with Crippen LogP contribution in [-0.4, -0.2) is 22.2 Å². The maximum atomic E-state index is 10.7. The van der Waals surface area contributed by atoms with Gasteiger partial charge in [-0.25, -0.2) is 0 Å². The van der Waals surface area contributed by atoms with Crippen molar-refractivity contribution in [1.82, 2.24) is 0 Å². The topological polar surface area (TPSA) is 74.6 Å². The normalized spacial score (nSPS) is 11.7. The van der Waals surface area contributed by atoms with Gasteiger partial charge in [0.2, 0.25) is 0 Å². The van der Waals surface area contributed by atoms with E-state index < -0.39 is 17.9 Å². The second-order valence-electron chi connectivity index (χ2n) is 4.84. The number of carboxylic acids is 2. The average Bonchev–Trinajstić information content (AvgIpc) is 2.39. The van der Waals surface area contributed by atoms with E-state index in [1.807, 2.05) is 0 Å². The minimum atomic E-state index is -1.25. The van der Waals surface area contributed by atoms with Gasteiger partial charge >= 0.3 is 11.9 Å². The Bertz CT molecular complexity index is 317. The van der Waals surface area contributed by atoms with Crippen LogP contribution in [0, 0.1) is 5.92 Å². The molecule has 0 aromatic heterocycles. The van der Waals surface area contributed by atoms with Crippen LogP contribution in [0.25, 0.3) is 0 Å². The van der Waals surface area contributed by atoms with E-state index in [9.17, 15) is 9.59 Å². The summed E-state index contributed by atoms with van der Waals surface area (Å²) in [6.07, 6.45) is 15.5. The average molecular weight is 282 g/mol. The molecule has 0 heterocycles. The zero-order valence-electron chi connectivity index (χ0n) is 12.3. The highest BCUT2D eigenvalue weighted by Crippen LogP contribution is 2.13. The Balaban J connectivity index is 3.49. The van der Waals surface area contributed by atoms with E-state index in [0.717, 1.165) is 38.5 Å². The Labute approximate surface area is 121 Å². The van der Waals surface area contributed by atoms with Crippen molar-refractivity contribution in [3.8, 4) is 0 Å². The number of carbonyl (C=O) groups is 2. The third-order valence-electron chi connectivity index (χ3n) is 3.08. The number of rotatable bonds is 12. The smallest absolute Gasteiger partial charge is 0.317 e. The first kappa shape index (κ1) is 18.4. The first-order valence-corrected chi connectivity index (χ1v) is 7.36. The van der Waals surface area contributed by atoms with Crippen LogP contribution in [0.4, 0.5) is 0 Å². The number of hydrogen-bond donors (Lipinski definition) is 2. The molecule has 4 nitrogen and oxygen atoms in total. The highest BCUT2D eigenvalue weighted by Gasteiger charge is 2.24. The fraction of sp³-hybridized carbons (Fsp3) is 0.625. The van der Waals surface area contributed by atoms with E-state index >= 15 is 0 Å². The van der Waals surface area contributed by atoms with Crippen molar-refractivity contribution in [2.45, 2.75) is 58.3 Å². The van der Waals surface area contributed by atoms with Gasteiger partial charge < -0.3 is 10.2 Å². The SMILES string of the molecule is CCC=CC=CCCCCCCCC(C(=O)O)C(=O)O. The largest absolute Gasteiger partial charge is 0.481 e. The van der Waals surface area contributed by atoms with Crippen LogP contribution < -0.4 is 0 Å². The number of unbranched alkanes of at least 4 members (excludes halogenated alkanes) is 5. The maximum absolute atomic E-state index is 10.7. The molecule has 0 saturated heterocycles. The van der Waals surface area contributed by atoms with Crippen LogP contribution in [0.2, 0.25) is 0 Å². The van der Waals surface area contributed by atoms with Crippen LogP contribution in [0.3, 0.4) is 0 Å². The number of carboxylic acid groups (broad SMARTS) is 2. The molecule has 0 unspecified atom stereocenters. The van der Waals surface area contributed by atoms with Crippen molar-refractivity contribution in [2.24, 2.45) is 5.92 Å². The molecule has 0 bridgehead atoms. The minimum Gasteiger partial charge on any atom is -0.481 e. The molecule has 114 valence electrons. The van der Waals surface area contributed by atoms with Gasteiger partial charge in [0.05, 0.1) is 0 Å². The summed E-state index contributed by atoms with van der Waals surface area (Å²) in [4.78, 5) is 21.3.